The van der Waals surface area contributed by atoms with Crippen molar-refractivity contribution in [2.75, 3.05) is 39.4 Å². The molecule has 0 saturated carbocycles. The van der Waals surface area contributed by atoms with E-state index in [1.54, 1.807) is 41.5 Å². The molecule has 10 heteroatoms. The van der Waals surface area contributed by atoms with E-state index in [0.29, 0.717) is 0 Å². The lowest BCUT2D eigenvalue weighted by atomic mass is 10.2. The van der Waals surface area contributed by atoms with Crippen molar-refractivity contribution in [1.82, 2.24) is 9.80 Å². The predicted octanol–water partition coefficient (Wildman–Crippen LogP) is 2.92. The van der Waals surface area contributed by atoms with Crippen LogP contribution in [0, 0.1) is 0 Å². The highest BCUT2D eigenvalue weighted by molar-refractivity contribution is 5.81. The summed E-state index contributed by atoms with van der Waals surface area (Å²) in [6.07, 6.45) is 0.780. The molecule has 0 aliphatic carbocycles. The molecule has 0 aromatic carbocycles. The maximum atomic E-state index is 12.6. The monoisotopic (exact) mass is 456 g/mol. The van der Waals surface area contributed by atoms with Crippen molar-refractivity contribution in [1.29, 1.82) is 0 Å². The van der Waals surface area contributed by atoms with Crippen LogP contribution >= 0.6 is 0 Å². The Kier molecular flexibility index (Phi) is 12.1. The number of esters is 2. The molecular weight excluding hydrogens is 420 g/mol. The van der Waals surface area contributed by atoms with Gasteiger partial charge < -0.3 is 28.7 Å². The van der Waals surface area contributed by atoms with Crippen molar-refractivity contribution in [2.45, 2.75) is 52.7 Å². The molecule has 0 aromatic heterocycles. The van der Waals surface area contributed by atoms with Gasteiger partial charge in [0.25, 0.3) is 0 Å². The lowest BCUT2D eigenvalue weighted by molar-refractivity contribution is -0.139. The molecule has 0 aliphatic heterocycles. The Labute approximate surface area is 190 Å². The minimum absolute atomic E-state index is 0.0438. The Morgan fingerprint density at radius 1 is 0.656 bits per heavy atom. The molecule has 0 fully saturated rings. The smallest absolute Gasteiger partial charge is 0.410 e. The first kappa shape index (κ1) is 29.0. The molecule has 0 saturated heterocycles. The largest absolute Gasteiger partial charge is 0.461 e. The summed E-state index contributed by atoms with van der Waals surface area (Å²) >= 11 is 0. The van der Waals surface area contributed by atoms with Crippen LogP contribution in [0.1, 0.15) is 41.5 Å². The Morgan fingerprint density at radius 3 is 1.22 bits per heavy atom. The van der Waals surface area contributed by atoms with Gasteiger partial charge in [0.2, 0.25) is 0 Å². The zero-order valence-electron chi connectivity index (χ0n) is 20.0. The predicted molar refractivity (Wildman–Crippen MR) is 118 cm³/mol. The van der Waals surface area contributed by atoms with Crippen LogP contribution in [0.15, 0.2) is 25.3 Å². The van der Waals surface area contributed by atoms with Crippen molar-refractivity contribution < 1.29 is 38.1 Å². The minimum atomic E-state index is -0.739. The number of hydrogen-bond acceptors (Lipinski definition) is 8. The lowest BCUT2D eigenvalue weighted by Gasteiger charge is -2.31. The molecule has 32 heavy (non-hydrogen) atoms. The maximum Gasteiger partial charge on any atom is 0.410 e. The van der Waals surface area contributed by atoms with Crippen LogP contribution < -0.4 is 0 Å². The zero-order valence-corrected chi connectivity index (χ0v) is 20.0. The average Bonchev–Trinajstić information content (AvgIpc) is 2.65. The second-order valence-electron chi connectivity index (χ2n) is 8.68. The molecule has 2 amide bonds. The highest BCUT2D eigenvalue weighted by Crippen LogP contribution is 2.12. The van der Waals surface area contributed by atoms with Gasteiger partial charge in [0.15, 0.2) is 0 Å². The molecule has 0 aliphatic rings. The highest BCUT2D eigenvalue weighted by Gasteiger charge is 2.26. The number of nitrogens with zero attached hydrogens (tertiary/aromatic N) is 2. The number of rotatable bonds is 11. The molecule has 0 aromatic rings. The van der Waals surface area contributed by atoms with Gasteiger partial charge in [-0.2, -0.15) is 0 Å². The van der Waals surface area contributed by atoms with Crippen LogP contribution in [0.2, 0.25) is 0 Å². The van der Waals surface area contributed by atoms with E-state index in [4.69, 9.17) is 18.9 Å². The van der Waals surface area contributed by atoms with Crippen molar-refractivity contribution in [3.05, 3.63) is 25.3 Å². The second-order valence-corrected chi connectivity index (χ2v) is 8.68. The van der Waals surface area contributed by atoms with Gasteiger partial charge in [-0.25, -0.2) is 19.2 Å². The first-order chi connectivity index (χ1) is 14.7. The molecule has 0 N–H and O–H groups in total. The number of ether oxygens (including phenoxy) is 4. The summed E-state index contributed by atoms with van der Waals surface area (Å²) in [5, 5.41) is 0. The van der Waals surface area contributed by atoms with E-state index in [1.807, 2.05) is 0 Å². The minimum Gasteiger partial charge on any atom is -0.461 e. The van der Waals surface area contributed by atoms with Gasteiger partial charge in [0.1, 0.15) is 24.4 Å². The summed E-state index contributed by atoms with van der Waals surface area (Å²) in [5.74, 6) is -1.23. The van der Waals surface area contributed by atoms with Crippen molar-refractivity contribution in [3.63, 3.8) is 0 Å². The summed E-state index contributed by atoms with van der Waals surface area (Å²) in [6.45, 7) is 17.0. The Morgan fingerprint density at radius 2 is 0.969 bits per heavy atom. The average molecular weight is 457 g/mol. The standard InChI is InChI=1S/C22H36N2O8/c1-9-17(25)29-15-13-23(19(27)31-21(3,4)5)11-12-24(14-16-30-18(26)10-2)20(28)32-22(6,7)8/h9-10H,1-2,11-16H2,3-8H3. The van der Waals surface area contributed by atoms with E-state index in [2.05, 4.69) is 13.2 Å². The van der Waals surface area contributed by atoms with Gasteiger partial charge in [-0.1, -0.05) is 13.2 Å². The number of amides is 2. The van der Waals surface area contributed by atoms with Crippen LogP contribution in [0.3, 0.4) is 0 Å². The summed E-state index contributed by atoms with van der Waals surface area (Å²) in [7, 11) is 0. The Balaban J connectivity index is 5.27. The molecular formula is C22H36N2O8. The molecule has 0 heterocycles. The van der Waals surface area contributed by atoms with Crippen molar-refractivity contribution in [2.24, 2.45) is 0 Å². The topological polar surface area (TPSA) is 112 Å². The fourth-order valence-electron chi connectivity index (χ4n) is 2.11. The van der Waals surface area contributed by atoms with E-state index in [9.17, 15) is 19.2 Å². The fourth-order valence-corrected chi connectivity index (χ4v) is 2.11. The molecule has 0 spiro atoms. The molecule has 182 valence electrons. The number of carbonyl (C=O) groups is 4. The molecule has 0 bridgehead atoms. The SMILES string of the molecule is C=CC(=O)OCCN(CCN(CCOC(=O)C=C)C(=O)OC(C)(C)C)C(=O)OC(C)(C)C. The van der Waals surface area contributed by atoms with Crippen LogP contribution in [0.4, 0.5) is 9.59 Å². The van der Waals surface area contributed by atoms with Gasteiger partial charge in [-0.3, -0.25) is 0 Å². The van der Waals surface area contributed by atoms with Crippen LogP contribution in [-0.2, 0) is 28.5 Å². The van der Waals surface area contributed by atoms with E-state index in [-0.39, 0.29) is 39.4 Å². The normalized spacial score (nSPS) is 11.1. The van der Waals surface area contributed by atoms with Crippen LogP contribution in [0.5, 0.6) is 0 Å². The van der Waals surface area contributed by atoms with Gasteiger partial charge >= 0.3 is 24.1 Å². The van der Waals surface area contributed by atoms with Crippen LogP contribution in [-0.4, -0.2) is 84.5 Å². The second kappa shape index (κ2) is 13.4. The lowest BCUT2D eigenvalue weighted by Crippen LogP contribution is -2.46. The first-order valence-corrected chi connectivity index (χ1v) is 10.2. The third-order valence-corrected chi connectivity index (χ3v) is 3.49. The summed E-state index contributed by atoms with van der Waals surface area (Å²) < 4.78 is 20.7. The number of hydrogen-bond donors (Lipinski definition) is 0. The Bertz CT molecular complexity index is 618. The quantitative estimate of drug-likeness (QED) is 0.265. The molecule has 10 nitrogen and oxygen atoms in total. The number of carbonyl (C=O) groups excluding carboxylic acids is 4. The fraction of sp³-hybridized carbons (Fsp3) is 0.636. The Hall–Kier alpha value is -3.04. The first-order valence-electron chi connectivity index (χ1n) is 10.2. The third kappa shape index (κ3) is 14.1. The summed E-state index contributed by atoms with van der Waals surface area (Å²) in [5.41, 5.74) is -1.48. The van der Waals surface area contributed by atoms with E-state index in [1.165, 1.54) is 9.80 Å². The molecule has 0 unspecified atom stereocenters. The van der Waals surface area contributed by atoms with Gasteiger partial charge in [0, 0.05) is 25.2 Å². The van der Waals surface area contributed by atoms with Crippen molar-refractivity contribution >= 4 is 24.1 Å². The van der Waals surface area contributed by atoms with Gasteiger partial charge in [-0.05, 0) is 41.5 Å². The zero-order chi connectivity index (χ0) is 24.9. The van der Waals surface area contributed by atoms with E-state index >= 15 is 0 Å². The van der Waals surface area contributed by atoms with E-state index < -0.39 is 35.3 Å². The molecule has 0 radical (unpaired) electrons. The van der Waals surface area contributed by atoms with E-state index in [0.717, 1.165) is 12.2 Å². The van der Waals surface area contributed by atoms with Crippen LogP contribution in [0.25, 0.3) is 0 Å². The maximum absolute atomic E-state index is 12.6. The van der Waals surface area contributed by atoms with Gasteiger partial charge in [-0.15, -0.1) is 0 Å². The molecule has 0 atom stereocenters. The third-order valence-electron chi connectivity index (χ3n) is 3.49. The molecule has 0 rings (SSSR count). The van der Waals surface area contributed by atoms with Crippen molar-refractivity contribution in [3.8, 4) is 0 Å². The highest BCUT2D eigenvalue weighted by atomic mass is 16.6. The summed E-state index contributed by atoms with van der Waals surface area (Å²) in [6, 6.07) is 0. The van der Waals surface area contributed by atoms with Gasteiger partial charge in [0.05, 0.1) is 13.1 Å². The summed E-state index contributed by atoms with van der Waals surface area (Å²) in [4.78, 5) is 50.4.